The Morgan fingerprint density at radius 1 is 1.44 bits per heavy atom. The first-order valence-electron chi connectivity index (χ1n) is 6.03. The minimum atomic E-state index is 0.550. The highest BCUT2D eigenvalue weighted by molar-refractivity contribution is 5.45. The van der Waals surface area contributed by atoms with Gasteiger partial charge in [-0.2, -0.15) is 0 Å². The standard InChI is InChI=1S/C12H20N4/c1-8(2)5-6-14-11-7-10(13)15-12(16-11)9-3-4-9/h7-9H,3-6H2,1-2H3,(H3,13,14,15,16). The predicted octanol–water partition coefficient (Wildman–Crippen LogP) is 2.39. The van der Waals surface area contributed by atoms with Gasteiger partial charge in [-0.3, -0.25) is 0 Å². The molecule has 1 heterocycles. The van der Waals surface area contributed by atoms with Gasteiger partial charge in [0.15, 0.2) is 0 Å². The van der Waals surface area contributed by atoms with Crippen molar-refractivity contribution < 1.29 is 0 Å². The van der Waals surface area contributed by atoms with Crippen LogP contribution in [0.25, 0.3) is 0 Å². The number of nitrogens with two attached hydrogens (primary N) is 1. The number of hydrogen-bond acceptors (Lipinski definition) is 4. The first-order valence-corrected chi connectivity index (χ1v) is 6.03. The molecule has 0 aliphatic heterocycles. The molecule has 0 aromatic carbocycles. The second-order valence-corrected chi connectivity index (χ2v) is 4.92. The Labute approximate surface area is 96.7 Å². The van der Waals surface area contributed by atoms with Crippen LogP contribution in [-0.2, 0) is 0 Å². The van der Waals surface area contributed by atoms with Gasteiger partial charge < -0.3 is 11.1 Å². The first-order chi connectivity index (χ1) is 7.65. The first kappa shape index (κ1) is 11.2. The highest BCUT2D eigenvalue weighted by atomic mass is 15.1. The molecule has 0 radical (unpaired) electrons. The van der Waals surface area contributed by atoms with Gasteiger partial charge in [-0.05, 0) is 25.2 Å². The van der Waals surface area contributed by atoms with Crippen LogP contribution in [-0.4, -0.2) is 16.5 Å². The van der Waals surface area contributed by atoms with Crippen molar-refractivity contribution in [3.63, 3.8) is 0 Å². The zero-order valence-electron chi connectivity index (χ0n) is 10.0. The lowest BCUT2D eigenvalue weighted by molar-refractivity contribution is 0.606. The molecular weight excluding hydrogens is 200 g/mol. The van der Waals surface area contributed by atoms with Crippen molar-refractivity contribution in [2.75, 3.05) is 17.6 Å². The van der Waals surface area contributed by atoms with E-state index in [0.717, 1.165) is 24.6 Å². The molecule has 1 aromatic rings. The van der Waals surface area contributed by atoms with Gasteiger partial charge in [0.2, 0.25) is 0 Å². The summed E-state index contributed by atoms with van der Waals surface area (Å²) in [4.78, 5) is 8.76. The Morgan fingerprint density at radius 2 is 2.19 bits per heavy atom. The van der Waals surface area contributed by atoms with Crippen molar-refractivity contribution in [1.82, 2.24) is 9.97 Å². The summed E-state index contributed by atoms with van der Waals surface area (Å²) in [6.45, 7) is 5.37. The molecule has 16 heavy (non-hydrogen) atoms. The van der Waals surface area contributed by atoms with Crippen LogP contribution in [0.15, 0.2) is 6.07 Å². The number of anilines is 2. The molecule has 1 saturated carbocycles. The molecule has 0 unspecified atom stereocenters. The molecule has 1 aromatic heterocycles. The zero-order chi connectivity index (χ0) is 11.5. The normalized spacial score (nSPS) is 15.4. The van der Waals surface area contributed by atoms with Crippen LogP contribution in [0.5, 0.6) is 0 Å². The number of aromatic nitrogens is 2. The third kappa shape index (κ3) is 3.08. The summed E-state index contributed by atoms with van der Waals surface area (Å²) in [5.41, 5.74) is 5.77. The quantitative estimate of drug-likeness (QED) is 0.799. The molecule has 0 spiro atoms. The van der Waals surface area contributed by atoms with Crippen molar-refractivity contribution in [3.05, 3.63) is 11.9 Å². The van der Waals surface area contributed by atoms with Gasteiger partial charge in [-0.25, -0.2) is 9.97 Å². The van der Waals surface area contributed by atoms with E-state index >= 15 is 0 Å². The Balaban J connectivity index is 1.97. The average Bonchev–Trinajstić information content (AvgIpc) is 2.99. The van der Waals surface area contributed by atoms with Crippen LogP contribution >= 0.6 is 0 Å². The topological polar surface area (TPSA) is 63.8 Å². The monoisotopic (exact) mass is 220 g/mol. The lowest BCUT2D eigenvalue weighted by Crippen LogP contribution is -2.09. The van der Waals surface area contributed by atoms with E-state index in [1.165, 1.54) is 12.8 Å². The Kier molecular flexibility index (Phi) is 3.27. The maximum atomic E-state index is 5.77. The maximum absolute atomic E-state index is 5.77. The molecule has 4 heteroatoms. The number of nitrogen functional groups attached to an aromatic ring is 1. The van der Waals surface area contributed by atoms with E-state index in [4.69, 9.17) is 5.73 Å². The summed E-state index contributed by atoms with van der Waals surface area (Å²) < 4.78 is 0. The van der Waals surface area contributed by atoms with Crippen molar-refractivity contribution >= 4 is 11.6 Å². The van der Waals surface area contributed by atoms with E-state index in [9.17, 15) is 0 Å². The second kappa shape index (κ2) is 4.68. The van der Waals surface area contributed by atoms with Gasteiger partial charge in [-0.15, -0.1) is 0 Å². The van der Waals surface area contributed by atoms with E-state index in [-0.39, 0.29) is 0 Å². The summed E-state index contributed by atoms with van der Waals surface area (Å²) in [6.07, 6.45) is 3.55. The molecule has 0 saturated heterocycles. The predicted molar refractivity (Wildman–Crippen MR) is 66.4 cm³/mol. The molecular formula is C12H20N4. The lowest BCUT2D eigenvalue weighted by Gasteiger charge is -2.09. The third-order valence-electron chi connectivity index (χ3n) is 2.73. The number of rotatable bonds is 5. The van der Waals surface area contributed by atoms with Gasteiger partial charge >= 0.3 is 0 Å². The van der Waals surface area contributed by atoms with E-state index < -0.39 is 0 Å². The van der Waals surface area contributed by atoms with Crippen LogP contribution < -0.4 is 11.1 Å². The average molecular weight is 220 g/mol. The molecule has 3 N–H and O–H groups in total. The van der Waals surface area contributed by atoms with Crippen molar-refractivity contribution in [2.45, 2.75) is 39.0 Å². The smallest absolute Gasteiger partial charge is 0.136 e. The van der Waals surface area contributed by atoms with Gasteiger partial charge in [0.05, 0.1) is 0 Å². The summed E-state index contributed by atoms with van der Waals surface area (Å²) in [5.74, 6) is 3.61. The second-order valence-electron chi connectivity index (χ2n) is 4.92. The molecule has 2 rings (SSSR count). The fourth-order valence-electron chi connectivity index (χ4n) is 1.59. The Bertz CT molecular complexity index is 358. The molecule has 0 bridgehead atoms. The minimum absolute atomic E-state index is 0.550. The molecule has 1 aliphatic carbocycles. The number of nitrogens with one attached hydrogen (secondary N) is 1. The van der Waals surface area contributed by atoms with Crippen molar-refractivity contribution in [2.24, 2.45) is 5.92 Å². The SMILES string of the molecule is CC(C)CCNc1cc(N)nc(C2CC2)n1. The lowest BCUT2D eigenvalue weighted by atomic mass is 10.1. The van der Waals surface area contributed by atoms with Gasteiger partial charge in [0, 0.05) is 18.5 Å². The number of hydrogen-bond donors (Lipinski definition) is 2. The molecule has 1 aliphatic rings. The van der Waals surface area contributed by atoms with Gasteiger partial charge in [0.1, 0.15) is 17.5 Å². The minimum Gasteiger partial charge on any atom is -0.384 e. The number of nitrogens with zero attached hydrogens (tertiary/aromatic N) is 2. The molecule has 0 atom stereocenters. The Morgan fingerprint density at radius 3 is 2.81 bits per heavy atom. The van der Waals surface area contributed by atoms with Crippen molar-refractivity contribution in [1.29, 1.82) is 0 Å². The van der Waals surface area contributed by atoms with E-state index in [0.29, 0.717) is 17.7 Å². The molecule has 1 fully saturated rings. The van der Waals surface area contributed by atoms with Crippen LogP contribution in [0, 0.1) is 5.92 Å². The summed E-state index contributed by atoms with van der Waals surface area (Å²) in [5, 5.41) is 3.31. The van der Waals surface area contributed by atoms with Crippen LogP contribution in [0.2, 0.25) is 0 Å². The van der Waals surface area contributed by atoms with E-state index in [1.54, 1.807) is 0 Å². The van der Waals surface area contributed by atoms with E-state index in [1.807, 2.05) is 6.07 Å². The maximum Gasteiger partial charge on any atom is 0.136 e. The van der Waals surface area contributed by atoms with E-state index in [2.05, 4.69) is 29.1 Å². The van der Waals surface area contributed by atoms with Crippen LogP contribution in [0.3, 0.4) is 0 Å². The van der Waals surface area contributed by atoms with Crippen molar-refractivity contribution in [3.8, 4) is 0 Å². The fraction of sp³-hybridized carbons (Fsp3) is 0.667. The summed E-state index contributed by atoms with van der Waals surface area (Å²) >= 11 is 0. The highest BCUT2D eigenvalue weighted by Gasteiger charge is 2.27. The Hall–Kier alpha value is -1.32. The molecule has 88 valence electrons. The highest BCUT2D eigenvalue weighted by Crippen LogP contribution is 2.38. The summed E-state index contributed by atoms with van der Waals surface area (Å²) in [6, 6.07) is 1.81. The summed E-state index contributed by atoms with van der Waals surface area (Å²) in [7, 11) is 0. The zero-order valence-corrected chi connectivity index (χ0v) is 10.0. The van der Waals surface area contributed by atoms with Gasteiger partial charge in [0.25, 0.3) is 0 Å². The van der Waals surface area contributed by atoms with Crippen LogP contribution in [0.4, 0.5) is 11.6 Å². The largest absolute Gasteiger partial charge is 0.384 e. The molecule has 4 nitrogen and oxygen atoms in total. The fourth-order valence-corrected chi connectivity index (χ4v) is 1.59. The van der Waals surface area contributed by atoms with Crippen LogP contribution in [0.1, 0.15) is 44.9 Å². The molecule has 0 amide bonds. The van der Waals surface area contributed by atoms with Gasteiger partial charge in [-0.1, -0.05) is 13.8 Å². The third-order valence-corrected chi connectivity index (χ3v) is 2.73.